The number of alkyl carbamates (subject to hydrolysis) is 1. The Hall–Kier alpha value is -2.11. The molecule has 2 saturated heterocycles. The normalized spacial score (nSPS) is 23.5. The number of rotatable bonds is 3. The van der Waals surface area contributed by atoms with Gasteiger partial charge in [-0.05, 0) is 46.1 Å². The van der Waals surface area contributed by atoms with Crippen LogP contribution < -0.4 is 15.0 Å². The zero-order chi connectivity index (χ0) is 23.1. The molecule has 2 fully saturated rings. The molecule has 0 saturated carbocycles. The van der Waals surface area contributed by atoms with Gasteiger partial charge >= 0.3 is 6.09 Å². The molecule has 1 N–H and O–H groups in total. The van der Waals surface area contributed by atoms with Crippen molar-refractivity contribution in [1.82, 2.24) is 14.6 Å². The number of aromatic nitrogens is 1. The van der Waals surface area contributed by atoms with Crippen LogP contribution in [0.2, 0.25) is 0 Å². The molecule has 10 nitrogen and oxygen atoms in total. The first-order valence-corrected chi connectivity index (χ1v) is 12.4. The van der Waals surface area contributed by atoms with E-state index in [0.29, 0.717) is 63.7 Å². The molecule has 1 amide bonds. The lowest BCUT2D eigenvalue weighted by Crippen LogP contribution is -2.47. The van der Waals surface area contributed by atoms with E-state index in [4.69, 9.17) is 14.2 Å². The second-order valence-corrected chi connectivity index (χ2v) is 11.6. The number of pyridine rings is 1. The monoisotopic (exact) mass is 468 g/mol. The highest BCUT2D eigenvalue weighted by Gasteiger charge is 2.45. The number of piperidine rings is 1. The molecule has 1 spiro atoms. The third-order valence-electron chi connectivity index (χ3n) is 6.09. The van der Waals surface area contributed by atoms with E-state index in [-0.39, 0.29) is 10.9 Å². The average Bonchev–Trinajstić information content (AvgIpc) is 3.08. The van der Waals surface area contributed by atoms with E-state index < -0.39 is 27.3 Å². The van der Waals surface area contributed by atoms with Gasteiger partial charge in [-0.25, -0.2) is 18.2 Å². The third kappa shape index (κ3) is 4.79. The van der Waals surface area contributed by atoms with Crippen LogP contribution in [0.1, 0.15) is 40.0 Å². The van der Waals surface area contributed by atoms with Crippen molar-refractivity contribution in [3.63, 3.8) is 0 Å². The van der Waals surface area contributed by atoms with Gasteiger partial charge in [-0.15, -0.1) is 0 Å². The number of likely N-dealkylation sites (N-methyl/N-ethyl adjacent to an activating group) is 1. The number of carbonyl (C=O) groups excluding carboxylic acids is 1. The predicted molar refractivity (Wildman–Crippen MR) is 117 cm³/mol. The molecular weight excluding hydrogens is 436 g/mol. The molecule has 1 unspecified atom stereocenters. The first kappa shape index (κ1) is 23.1. The third-order valence-corrected chi connectivity index (χ3v) is 7.95. The standard InChI is InChI=1S/C21H32N4O6S/c1-20(2,3)31-19(26)23-15-12-21(30-14-15)5-7-25(8-6-21)32(27,28)16-11-17-18(22-13-16)29-10-9-24(17)4/h11,13,15H,5-10,12,14H2,1-4H3,(H,23,26). The lowest BCUT2D eigenvalue weighted by molar-refractivity contribution is -0.0312. The maximum Gasteiger partial charge on any atom is 0.407 e. The Balaban J connectivity index is 1.37. The minimum Gasteiger partial charge on any atom is -0.474 e. The van der Waals surface area contributed by atoms with E-state index in [1.54, 1.807) is 6.07 Å². The van der Waals surface area contributed by atoms with Gasteiger partial charge in [-0.2, -0.15) is 4.31 Å². The summed E-state index contributed by atoms with van der Waals surface area (Å²) < 4.78 is 44.9. The van der Waals surface area contributed by atoms with Crippen LogP contribution in [0, 0.1) is 0 Å². The molecule has 0 aromatic carbocycles. The number of hydrogen-bond donors (Lipinski definition) is 1. The highest BCUT2D eigenvalue weighted by atomic mass is 32.2. The summed E-state index contributed by atoms with van der Waals surface area (Å²) in [6.45, 7) is 7.76. The second kappa shape index (κ2) is 8.35. The zero-order valence-corrected chi connectivity index (χ0v) is 19.9. The number of sulfonamides is 1. The maximum absolute atomic E-state index is 13.2. The van der Waals surface area contributed by atoms with Crippen LogP contribution in [0.3, 0.4) is 0 Å². The van der Waals surface area contributed by atoms with Crippen LogP contribution in [-0.4, -0.2) is 80.9 Å². The molecule has 3 aliphatic rings. The number of ether oxygens (including phenoxy) is 3. The molecule has 32 heavy (non-hydrogen) atoms. The lowest BCUT2D eigenvalue weighted by Gasteiger charge is -2.38. The van der Waals surface area contributed by atoms with Crippen LogP contribution in [0.5, 0.6) is 5.88 Å². The van der Waals surface area contributed by atoms with E-state index >= 15 is 0 Å². The maximum atomic E-state index is 13.2. The summed E-state index contributed by atoms with van der Waals surface area (Å²) in [5.41, 5.74) is -0.303. The molecule has 11 heteroatoms. The van der Waals surface area contributed by atoms with E-state index in [0.717, 1.165) is 0 Å². The molecule has 4 heterocycles. The number of nitrogens with zero attached hydrogens (tertiary/aromatic N) is 3. The van der Waals surface area contributed by atoms with Gasteiger partial charge in [0, 0.05) is 20.1 Å². The Bertz CT molecular complexity index is 969. The van der Waals surface area contributed by atoms with Gasteiger partial charge in [0.15, 0.2) is 0 Å². The van der Waals surface area contributed by atoms with E-state index in [9.17, 15) is 13.2 Å². The molecule has 178 valence electrons. The van der Waals surface area contributed by atoms with Crippen molar-refractivity contribution in [2.45, 2.75) is 62.2 Å². The smallest absolute Gasteiger partial charge is 0.407 e. The van der Waals surface area contributed by atoms with Crippen molar-refractivity contribution >= 4 is 21.8 Å². The summed E-state index contributed by atoms with van der Waals surface area (Å²) in [4.78, 5) is 18.4. The Morgan fingerprint density at radius 1 is 1.28 bits per heavy atom. The van der Waals surface area contributed by atoms with Gasteiger partial charge in [0.1, 0.15) is 22.8 Å². The van der Waals surface area contributed by atoms with Crippen LogP contribution in [0.4, 0.5) is 10.5 Å². The van der Waals surface area contributed by atoms with Gasteiger partial charge in [0.05, 0.1) is 31.0 Å². The van der Waals surface area contributed by atoms with E-state index in [1.165, 1.54) is 10.5 Å². The van der Waals surface area contributed by atoms with Gasteiger partial charge in [-0.1, -0.05) is 0 Å². The summed E-state index contributed by atoms with van der Waals surface area (Å²) >= 11 is 0. The minimum absolute atomic E-state index is 0.145. The zero-order valence-electron chi connectivity index (χ0n) is 19.1. The fourth-order valence-electron chi connectivity index (χ4n) is 4.39. The molecule has 3 aliphatic heterocycles. The Labute approximate surface area is 189 Å². The van der Waals surface area contributed by atoms with Gasteiger partial charge in [0.2, 0.25) is 15.9 Å². The summed E-state index contributed by atoms with van der Waals surface area (Å²) in [5.74, 6) is 0.457. The molecule has 0 aliphatic carbocycles. The largest absolute Gasteiger partial charge is 0.474 e. The van der Waals surface area contributed by atoms with Crippen LogP contribution in [0.25, 0.3) is 0 Å². The van der Waals surface area contributed by atoms with Gasteiger partial charge in [0.25, 0.3) is 0 Å². The van der Waals surface area contributed by atoms with Gasteiger partial charge < -0.3 is 24.4 Å². The van der Waals surface area contributed by atoms with Gasteiger partial charge in [-0.3, -0.25) is 0 Å². The van der Waals surface area contributed by atoms with E-state index in [1.807, 2.05) is 32.7 Å². The first-order valence-electron chi connectivity index (χ1n) is 11.0. The molecule has 1 atom stereocenters. The summed E-state index contributed by atoms with van der Waals surface area (Å²) in [6.07, 6.45) is 2.69. The van der Waals surface area contributed by atoms with Crippen molar-refractivity contribution in [3.05, 3.63) is 12.3 Å². The molecule has 1 aromatic heterocycles. The van der Waals surface area contributed by atoms with Crippen molar-refractivity contribution < 1.29 is 27.4 Å². The van der Waals surface area contributed by atoms with Crippen molar-refractivity contribution in [2.24, 2.45) is 0 Å². The average molecular weight is 469 g/mol. The minimum atomic E-state index is -3.67. The number of nitrogens with one attached hydrogen (secondary N) is 1. The molecule has 1 aromatic rings. The number of fused-ring (bicyclic) bond motifs is 1. The number of anilines is 1. The fourth-order valence-corrected chi connectivity index (χ4v) is 5.80. The van der Waals surface area contributed by atoms with Crippen LogP contribution >= 0.6 is 0 Å². The number of carbonyl (C=O) groups is 1. The summed E-state index contributed by atoms with van der Waals surface area (Å²) in [5, 5.41) is 2.86. The molecule has 0 radical (unpaired) electrons. The van der Waals surface area contributed by atoms with Crippen molar-refractivity contribution in [3.8, 4) is 5.88 Å². The molecular formula is C21H32N4O6S. The Morgan fingerprint density at radius 3 is 2.69 bits per heavy atom. The van der Waals surface area contributed by atoms with Crippen LogP contribution in [0.15, 0.2) is 17.2 Å². The highest BCUT2D eigenvalue weighted by molar-refractivity contribution is 7.89. The second-order valence-electron chi connectivity index (χ2n) is 9.71. The fraction of sp³-hybridized carbons (Fsp3) is 0.714. The quantitative estimate of drug-likeness (QED) is 0.714. The topological polar surface area (TPSA) is 110 Å². The highest BCUT2D eigenvalue weighted by Crippen LogP contribution is 2.38. The Morgan fingerprint density at radius 2 is 2.00 bits per heavy atom. The Kier molecular flexibility index (Phi) is 6.01. The molecule has 4 rings (SSSR count). The summed E-state index contributed by atoms with van der Waals surface area (Å²) in [7, 11) is -1.78. The lowest BCUT2D eigenvalue weighted by atomic mass is 9.88. The van der Waals surface area contributed by atoms with Crippen molar-refractivity contribution in [2.75, 3.05) is 44.8 Å². The number of amides is 1. The van der Waals surface area contributed by atoms with Crippen molar-refractivity contribution in [1.29, 1.82) is 0 Å². The first-order chi connectivity index (χ1) is 15.0. The summed E-state index contributed by atoms with van der Waals surface area (Å²) in [6, 6.07) is 1.49. The number of hydrogen-bond acceptors (Lipinski definition) is 8. The molecule has 0 bridgehead atoms. The SMILES string of the molecule is CN1CCOc2ncc(S(=O)(=O)N3CCC4(CC3)CC(NC(=O)OC(C)(C)C)CO4)cc21. The van der Waals surface area contributed by atoms with Crippen LogP contribution in [-0.2, 0) is 19.5 Å². The van der Waals surface area contributed by atoms with E-state index in [2.05, 4.69) is 10.3 Å². The predicted octanol–water partition coefficient (Wildman–Crippen LogP) is 1.75.